The van der Waals surface area contributed by atoms with Crippen LogP contribution in [0.3, 0.4) is 0 Å². The number of ether oxygens (including phenoxy) is 1. The first-order valence-electron chi connectivity index (χ1n) is 7.41. The molecule has 0 aliphatic heterocycles. The number of carbonyl (C=O) groups excluding carboxylic acids is 1. The Morgan fingerprint density at radius 1 is 1.35 bits per heavy atom. The lowest BCUT2D eigenvalue weighted by molar-refractivity contribution is 0.0943. The van der Waals surface area contributed by atoms with Gasteiger partial charge in [0, 0.05) is 12.1 Å². The Hall–Kier alpha value is -1.22. The number of halogens is 1. The third kappa shape index (κ3) is 4.14. The molecule has 1 aliphatic carbocycles. The van der Waals surface area contributed by atoms with Crippen molar-refractivity contribution in [2.75, 3.05) is 13.2 Å². The van der Waals surface area contributed by atoms with Crippen LogP contribution < -0.4 is 10.1 Å². The molecule has 1 fully saturated rings. The van der Waals surface area contributed by atoms with Crippen LogP contribution in [0.25, 0.3) is 0 Å². The van der Waals surface area contributed by atoms with Crippen LogP contribution in [0.4, 0.5) is 0 Å². The molecule has 0 atom stereocenters. The predicted octanol–water partition coefficient (Wildman–Crippen LogP) is 4.05. The number of benzene rings is 1. The van der Waals surface area contributed by atoms with Crippen LogP contribution in [-0.4, -0.2) is 19.1 Å². The van der Waals surface area contributed by atoms with E-state index in [-0.39, 0.29) is 5.91 Å². The molecule has 0 saturated heterocycles. The molecule has 1 saturated carbocycles. The summed E-state index contributed by atoms with van der Waals surface area (Å²) in [5.74, 6) is 1.20. The van der Waals surface area contributed by atoms with Gasteiger partial charge in [0.2, 0.25) is 0 Å². The van der Waals surface area contributed by atoms with Gasteiger partial charge in [0.1, 0.15) is 5.75 Å². The third-order valence-corrected chi connectivity index (χ3v) is 4.07. The molecular formula is C16H22ClNO2. The minimum absolute atomic E-state index is 0.0551. The van der Waals surface area contributed by atoms with Crippen LogP contribution in [-0.2, 0) is 0 Å². The molecule has 1 N–H and O–H groups in total. The normalized spacial score (nSPS) is 15.9. The van der Waals surface area contributed by atoms with Crippen molar-refractivity contribution in [1.82, 2.24) is 5.32 Å². The van der Waals surface area contributed by atoms with Gasteiger partial charge in [-0.25, -0.2) is 0 Å². The van der Waals surface area contributed by atoms with E-state index in [4.69, 9.17) is 16.3 Å². The molecule has 4 heteroatoms. The summed E-state index contributed by atoms with van der Waals surface area (Å²) in [5.41, 5.74) is 0.592. The molecule has 1 aromatic carbocycles. The molecule has 20 heavy (non-hydrogen) atoms. The second-order valence-electron chi connectivity index (χ2n) is 5.29. The Kier molecular flexibility index (Phi) is 5.72. The summed E-state index contributed by atoms with van der Waals surface area (Å²) in [6.07, 6.45) is 6.36. The lowest BCUT2D eigenvalue weighted by atomic mass is 9.89. The highest BCUT2D eigenvalue weighted by Crippen LogP contribution is 2.26. The van der Waals surface area contributed by atoms with Gasteiger partial charge in [0.15, 0.2) is 0 Å². The van der Waals surface area contributed by atoms with Crippen LogP contribution in [0.2, 0.25) is 5.02 Å². The first-order chi connectivity index (χ1) is 9.70. The van der Waals surface area contributed by atoms with Crippen molar-refractivity contribution >= 4 is 17.5 Å². The molecule has 1 aromatic rings. The first kappa shape index (κ1) is 15.2. The maximum atomic E-state index is 12.1. The maximum absolute atomic E-state index is 12.1. The summed E-state index contributed by atoms with van der Waals surface area (Å²) in [6, 6.07) is 5.18. The molecular weight excluding hydrogens is 274 g/mol. The lowest BCUT2D eigenvalue weighted by Crippen LogP contribution is -2.30. The molecule has 0 bridgehead atoms. The summed E-state index contributed by atoms with van der Waals surface area (Å²) in [6.45, 7) is 3.23. The zero-order chi connectivity index (χ0) is 14.4. The van der Waals surface area contributed by atoms with Crippen LogP contribution in [0.5, 0.6) is 5.75 Å². The fraction of sp³-hybridized carbons (Fsp3) is 0.562. The first-order valence-corrected chi connectivity index (χ1v) is 7.79. The van der Waals surface area contributed by atoms with Crippen molar-refractivity contribution in [2.45, 2.75) is 39.0 Å². The molecule has 3 nitrogen and oxygen atoms in total. The maximum Gasteiger partial charge on any atom is 0.251 e. The van der Waals surface area contributed by atoms with Crippen molar-refractivity contribution in [3.05, 3.63) is 28.8 Å². The number of carbonyl (C=O) groups is 1. The van der Waals surface area contributed by atoms with Gasteiger partial charge in [-0.1, -0.05) is 30.9 Å². The second kappa shape index (κ2) is 7.53. The van der Waals surface area contributed by atoms with Gasteiger partial charge in [-0.05, 0) is 43.9 Å². The number of hydrogen-bond donors (Lipinski definition) is 1. The summed E-state index contributed by atoms with van der Waals surface area (Å²) < 4.78 is 5.36. The topological polar surface area (TPSA) is 38.3 Å². The molecule has 0 spiro atoms. The van der Waals surface area contributed by atoms with Gasteiger partial charge >= 0.3 is 0 Å². The molecule has 0 aromatic heterocycles. The molecule has 2 rings (SSSR count). The fourth-order valence-corrected chi connectivity index (χ4v) is 2.88. The van der Waals surface area contributed by atoms with Crippen molar-refractivity contribution in [2.24, 2.45) is 5.92 Å². The van der Waals surface area contributed by atoms with Crippen LogP contribution in [0.1, 0.15) is 49.4 Å². The Balaban J connectivity index is 1.89. The monoisotopic (exact) mass is 295 g/mol. The van der Waals surface area contributed by atoms with Gasteiger partial charge in [-0.15, -0.1) is 0 Å². The second-order valence-corrected chi connectivity index (χ2v) is 5.70. The van der Waals surface area contributed by atoms with Gasteiger partial charge < -0.3 is 10.1 Å². The lowest BCUT2D eigenvalue weighted by Gasteiger charge is -2.21. The van der Waals surface area contributed by atoms with Gasteiger partial charge in [-0.3, -0.25) is 4.79 Å². The number of amides is 1. The zero-order valence-corrected chi connectivity index (χ0v) is 12.7. The summed E-state index contributed by atoms with van der Waals surface area (Å²) in [7, 11) is 0. The highest BCUT2D eigenvalue weighted by molar-refractivity contribution is 6.32. The average molecular weight is 296 g/mol. The van der Waals surface area contributed by atoms with E-state index >= 15 is 0 Å². The van der Waals surface area contributed by atoms with Gasteiger partial charge in [0.25, 0.3) is 5.91 Å². The molecule has 110 valence electrons. The quantitative estimate of drug-likeness (QED) is 0.890. The van der Waals surface area contributed by atoms with Gasteiger partial charge in [0.05, 0.1) is 11.6 Å². The highest BCUT2D eigenvalue weighted by Gasteiger charge is 2.15. The van der Waals surface area contributed by atoms with E-state index in [1.54, 1.807) is 18.2 Å². The van der Waals surface area contributed by atoms with Crippen LogP contribution in [0, 0.1) is 5.92 Å². The molecule has 0 radical (unpaired) electrons. The third-order valence-electron chi connectivity index (χ3n) is 3.77. The van der Waals surface area contributed by atoms with Crippen molar-refractivity contribution in [3.63, 3.8) is 0 Å². The number of hydrogen-bond acceptors (Lipinski definition) is 2. The van der Waals surface area contributed by atoms with E-state index < -0.39 is 0 Å². The molecule has 0 unspecified atom stereocenters. The Labute approximate surface area is 125 Å². The van der Waals surface area contributed by atoms with E-state index in [9.17, 15) is 4.79 Å². The van der Waals surface area contributed by atoms with Crippen molar-refractivity contribution in [3.8, 4) is 5.75 Å². The number of nitrogens with one attached hydrogen (secondary N) is 1. The zero-order valence-electron chi connectivity index (χ0n) is 12.0. The van der Waals surface area contributed by atoms with Crippen molar-refractivity contribution in [1.29, 1.82) is 0 Å². The Morgan fingerprint density at radius 2 is 2.10 bits per heavy atom. The SMILES string of the molecule is CCOc1ccc(C(=O)NCC2CCCCC2)cc1Cl. The summed E-state index contributed by atoms with van der Waals surface area (Å²) in [5, 5.41) is 3.49. The van der Waals surface area contributed by atoms with E-state index in [0.29, 0.717) is 28.9 Å². The summed E-state index contributed by atoms with van der Waals surface area (Å²) in [4.78, 5) is 12.1. The number of rotatable bonds is 5. The highest BCUT2D eigenvalue weighted by atomic mass is 35.5. The predicted molar refractivity (Wildman–Crippen MR) is 81.5 cm³/mol. The van der Waals surface area contributed by atoms with Gasteiger partial charge in [-0.2, -0.15) is 0 Å². The smallest absolute Gasteiger partial charge is 0.251 e. The molecule has 0 heterocycles. The van der Waals surface area contributed by atoms with E-state index in [2.05, 4.69) is 5.32 Å². The molecule has 1 amide bonds. The fourth-order valence-electron chi connectivity index (χ4n) is 2.64. The van der Waals surface area contributed by atoms with Crippen LogP contribution in [0.15, 0.2) is 18.2 Å². The van der Waals surface area contributed by atoms with Crippen molar-refractivity contribution < 1.29 is 9.53 Å². The van der Waals surface area contributed by atoms with E-state index in [1.165, 1.54) is 32.1 Å². The molecule has 1 aliphatic rings. The van der Waals surface area contributed by atoms with Crippen LogP contribution >= 0.6 is 11.6 Å². The average Bonchev–Trinajstić information content (AvgIpc) is 2.48. The minimum Gasteiger partial charge on any atom is -0.492 e. The summed E-state index contributed by atoms with van der Waals surface area (Å²) >= 11 is 6.10. The standard InChI is InChI=1S/C16H22ClNO2/c1-2-20-15-9-8-13(10-14(15)17)16(19)18-11-12-6-4-3-5-7-12/h8-10,12H,2-7,11H2,1H3,(H,18,19). The van der Waals surface area contributed by atoms with E-state index in [0.717, 1.165) is 6.54 Å². The minimum atomic E-state index is -0.0551. The Morgan fingerprint density at radius 3 is 2.75 bits per heavy atom. The Bertz CT molecular complexity index is 456. The van der Waals surface area contributed by atoms with E-state index in [1.807, 2.05) is 6.92 Å². The largest absolute Gasteiger partial charge is 0.492 e.